The molecule has 2 aromatic carbocycles. The molecule has 38 heavy (non-hydrogen) atoms. The van der Waals surface area contributed by atoms with Crippen LogP contribution in [0.4, 0.5) is 5.69 Å². The van der Waals surface area contributed by atoms with E-state index in [0.717, 1.165) is 22.5 Å². The molecule has 0 aliphatic carbocycles. The van der Waals surface area contributed by atoms with Crippen molar-refractivity contribution >= 4 is 50.7 Å². The van der Waals surface area contributed by atoms with E-state index in [-0.39, 0.29) is 23.9 Å². The molecule has 2 atom stereocenters. The van der Waals surface area contributed by atoms with Crippen molar-refractivity contribution in [3.05, 3.63) is 63.6 Å². The van der Waals surface area contributed by atoms with Crippen LogP contribution >= 0.6 is 23.2 Å². The van der Waals surface area contributed by atoms with Gasteiger partial charge in [-0.05, 0) is 60.6 Å². The zero-order valence-corrected chi connectivity index (χ0v) is 25.5. The molecular weight excluding hydrogens is 545 g/mol. The molecule has 0 aliphatic rings. The monoisotopic (exact) mass is 583 g/mol. The first-order valence-electron chi connectivity index (χ1n) is 12.7. The van der Waals surface area contributed by atoms with Gasteiger partial charge in [0.15, 0.2) is 0 Å². The summed E-state index contributed by atoms with van der Waals surface area (Å²) in [6.45, 7) is 11.5. The van der Waals surface area contributed by atoms with E-state index < -0.39 is 28.5 Å². The second kappa shape index (κ2) is 13.2. The molecule has 0 saturated carbocycles. The quantitative estimate of drug-likeness (QED) is 0.363. The minimum absolute atomic E-state index is 0.0583. The average molecular weight is 585 g/mol. The van der Waals surface area contributed by atoms with Gasteiger partial charge in [0.05, 0.1) is 22.0 Å². The summed E-state index contributed by atoms with van der Waals surface area (Å²) < 4.78 is 26.7. The van der Waals surface area contributed by atoms with E-state index in [0.29, 0.717) is 27.7 Å². The molecule has 2 amide bonds. The molecular formula is C28H39Cl2N3O4S. The zero-order chi connectivity index (χ0) is 28.8. The van der Waals surface area contributed by atoms with Crippen LogP contribution in [0, 0.1) is 0 Å². The molecule has 0 spiro atoms. The van der Waals surface area contributed by atoms with Crippen molar-refractivity contribution in [1.29, 1.82) is 0 Å². The SMILES string of the molecule is CC[C@@H](C)NC(=O)[C@@H](CC)N(Cc1ccc(Cl)c(Cl)c1)C(=O)CN(c1ccc(C(C)(C)C)cc1)S(C)(=O)=O. The summed E-state index contributed by atoms with van der Waals surface area (Å²) in [5, 5.41) is 3.64. The van der Waals surface area contributed by atoms with Crippen LogP contribution in [0.3, 0.4) is 0 Å². The number of anilines is 1. The Labute approximate surface area is 237 Å². The third-order valence-corrected chi connectivity index (χ3v) is 8.30. The Balaban J connectivity index is 2.47. The van der Waals surface area contributed by atoms with Crippen molar-refractivity contribution in [3.63, 3.8) is 0 Å². The Morgan fingerprint density at radius 1 is 0.974 bits per heavy atom. The maximum atomic E-state index is 13.8. The summed E-state index contributed by atoms with van der Waals surface area (Å²) in [5.41, 5.74) is 1.97. The summed E-state index contributed by atoms with van der Waals surface area (Å²) in [7, 11) is -3.81. The van der Waals surface area contributed by atoms with Gasteiger partial charge in [-0.2, -0.15) is 0 Å². The maximum absolute atomic E-state index is 13.8. The third kappa shape index (κ3) is 8.61. The van der Waals surface area contributed by atoms with Gasteiger partial charge in [0.1, 0.15) is 12.6 Å². The second-order valence-electron chi connectivity index (χ2n) is 10.6. The van der Waals surface area contributed by atoms with Crippen LogP contribution < -0.4 is 9.62 Å². The molecule has 0 unspecified atom stereocenters. The van der Waals surface area contributed by atoms with Gasteiger partial charge in [-0.15, -0.1) is 0 Å². The van der Waals surface area contributed by atoms with Gasteiger partial charge < -0.3 is 10.2 Å². The van der Waals surface area contributed by atoms with Crippen molar-refractivity contribution < 1.29 is 18.0 Å². The predicted molar refractivity (Wildman–Crippen MR) is 156 cm³/mol. The zero-order valence-electron chi connectivity index (χ0n) is 23.2. The Kier molecular flexibility index (Phi) is 11.1. The summed E-state index contributed by atoms with van der Waals surface area (Å²) in [6, 6.07) is 11.2. The van der Waals surface area contributed by atoms with Gasteiger partial charge in [-0.25, -0.2) is 8.42 Å². The lowest BCUT2D eigenvalue weighted by Gasteiger charge is -2.33. The van der Waals surface area contributed by atoms with E-state index in [1.165, 1.54) is 4.90 Å². The lowest BCUT2D eigenvalue weighted by Crippen LogP contribution is -2.53. The molecule has 1 N–H and O–H groups in total. The average Bonchev–Trinajstić information content (AvgIpc) is 2.83. The number of rotatable bonds is 11. The molecule has 0 aliphatic heterocycles. The van der Waals surface area contributed by atoms with Gasteiger partial charge in [0, 0.05) is 12.6 Å². The minimum atomic E-state index is -3.81. The van der Waals surface area contributed by atoms with E-state index in [2.05, 4.69) is 26.1 Å². The number of nitrogens with one attached hydrogen (secondary N) is 1. The standard InChI is InChI=1S/C28H39Cl2N3O4S/c1-8-19(3)31-27(35)25(9-2)32(17-20-10-15-23(29)24(30)16-20)26(34)18-33(38(7,36)37)22-13-11-21(12-14-22)28(4,5)6/h10-16,19,25H,8-9,17-18H2,1-7H3,(H,31,35)/t19-,25-/m1/s1. The summed E-state index contributed by atoms with van der Waals surface area (Å²) in [4.78, 5) is 28.4. The number of sulfonamides is 1. The van der Waals surface area contributed by atoms with Crippen LogP contribution in [0.5, 0.6) is 0 Å². The number of carbonyl (C=O) groups excluding carboxylic acids is 2. The van der Waals surface area contributed by atoms with Gasteiger partial charge in [-0.1, -0.05) is 76.0 Å². The smallest absolute Gasteiger partial charge is 0.244 e. The summed E-state index contributed by atoms with van der Waals surface area (Å²) in [5.74, 6) is -0.803. The van der Waals surface area contributed by atoms with Crippen molar-refractivity contribution in [2.24, 2.45) is 0 Å². The Morgan fingerprint density at radius 3 is 2.05 bits per heavy atom. The molecule has 0 radical (unpaired) electrons. The van der Waals surface area contributed by atoms with Crippen molar-refractivity contribution in [1.82, 2.24) is 10.2 Å². The van der Waals surface area contributed by atoms with Crippen LogP contribution in [-0.2, 0) is 31.6 Å². The maximum Gasteiger partial charge on any atom is 0.244 e. The number of hydrogen-bond donors (Lipinski definition) is 1. The molecule has 2 rings (SSSR count). The number of carbonyl (C=O) groups is 2. The topological polar surface area (TPSA) is 86.8 Å². The predicted octanol–water partition coefficient (Wildman–Crippen LogP) is 5.78. The largest absolute Gasteiger partial charge is 0.352 e. The van der Waals surface area contributed by atoms with Crippen LogP contribution in [-0.4, -0.2) is 50.0 Å². The Hall–Kier alpha value is -2.29. The number of amides is 2. The van der Waals surface area contributed by atoms with E-state index in [1.807, 2.05) is 32.9 Å². The highest BCUT2D eigenvalue weighted by Gasteiger charge is 2.32. The molecule has 0 saturated heterocycles. The first kappa shape index (κ1) is 31.9. The van der Waals surface area contributed by atoms with Crippen LogP contribution in [0.1, 0.15) is 65.5 Å². The lowest BCUT2D eigenvalue weighted by atomic mass is 9.87. The molecule has 7 nitrogen and oxygen atoms in total. The van der Waals surface area contributed by atoms with Gasteiger partial charge in [0.25, 0.3) is 0 Å². The van der Waals surface area contributed by atoms with E-state index in [4.69, 9.17) is 23.2 Å². The van der Waals surface area contributed by atoms with Gasteiger partial charge >= 0.3 is 0 Å². The van der Waals surface area contributed by atoms with Gasteiger partial charge in [-0.3, -0.25) is 13.9 Å². The molecule has 0 heterocycles. The van der Waals surface area contributed by atoms with E-state index in [1.54, 1.807) is 30.3 Å². The fourth-order valence-electron chi connectivity index (χ4n) is 3.94. The molecule has 2 aromatic rings. The van der Waals surface area contributed by atoms with Crippen molar-refractivity contribution in [2.45, 2.75) is 78.4 Å². The number of benzene rings is 2. The van der Waals surface area contributed by atoms with Gasteiger partial charge in [0.2, 0.25) is 21.8 Å². The fourth-order valence-corrected chi connectivity index (χ4v) is 5.11. The molecule has 0 aromatic heterocycles. The number of nitrogens with zero attached hydrogens (tertiary/aromatic N) is 2. The van der Waals surface area contributed by atoms with Crippen LogP contribution in [0.2, 0.25) is 10.0 Å². The third-order valence-electron chi connectivity index (χ3n) is 6.42. The highest BCUT2D eigenvalue weighted by Crippen LogP contribution is 2.27. The second-order valence-corrected chi connectivity index (χ2v) is 13.3. The normalized spacial score (nSPS) is 13.5. The van der Waals surface area contributed by atoms with Crippen LogP contribution in [0.25, 0.3) is 0 Å². The molecule has 0 bridgehead atoms. The van der Waals surface area contributed by atoms with Crippen molar-refractivity contribution in [2.75, 3.05) is 17.1 Å². The Morgan fingerprint density at radius 2 is 1.58 bits per heavy atom. The molecule has 0 fully saturated rings. The highest BCUT2D eigenvalue weighted by atomic mass is 35.5. The highest BCUT2D eigenvalue weighted by molar-refractivity contribution is 7.92. The number of hydrogen-bond acceptors (Lipinski definition) is 4. The fraction of sp³-hybridized carbons (Fsp3) is 0.500. The first-order valence-corrected chi connectivity index (χ1v) is 15.3. The first-order chi connectivity index (χ1) is 17.6. The number of halogens is 2. The lowest BCUT2D eigenvalue weighted by molar-refractivity contribution is -0.140. The van der Waals surface area contributed by atoms with E-state index >= 15 is 0 Å². The van der Waals surface area contributed by atoms with Crippen molar-refractivity contribution in [3.8, 4) is 0 Å². The van der Waals surface area contributed by atoms with Crippen LogP contribution in [0.15, 0.2) is 42.5 Å². The summed E-state index contributed by atoms with van der Waals surface area (Å²) in [6.07, 6.45) is 2.14. The summed E-state index contributed by atoms with van der Waals surface area (Å²) >= 11 is 12.3. The minimum Gasteiger partial charge on any atom is -0.352 e. The molecule has 10 heteroatoms. The Bertz CT molecular complexity index is 1230. The van der Waals surface area contributed by atoms with E-state index in [9.17, 15) is 18.0 Å². The molecule has 210 valence electrons.